The van der Waals surface area contributed by atoms with Gasteiger partial charge in [-0.2, -0.15) is 0 Å². The van der Waals surface area contributed by atoms with Gasteiger partial charge in [0.2, 0.25) is 0 Å². The number of anilines is 1. The normalized spacial score (nSPS) is 10.6. The minimum absolute atomic E-state index is 0.230. The summed E-state index contributed by atoms with van der Waals surface area (Å²) in [7, 11) is 1.33. The third-order valence-electron chi connectivity index (χ3n) is 4.41. The molecule has 0 fully saturated rings. The number of carbonyl (C=O) groups excluding carboxylic acids is 2. The van der Waals surface area contributed by atoms with Crippen LogP contribution in [0.5, 0.6) is 5.75 Å². The zero-order chi connectivity index (χ0) is 20.3. The second kappa shape index (κ2) is 8.58. The maximum Gasteiger partial charge on any atom is 0.341 e. The zero-order valence-corrected chi connectivity index (χ0v) is 17.8. The Balaban J connectivity index is 1.95. The van der Waals surface area contributed by atoms with Gasteiger partial charge in [-0.25, -0.2) is 4.79 Å². The van der Waals surface area contributed by atoms with E-state index in [9.17, 15) is 9.59 Å². The minimum atomic E-state index is -0.487. The molecule has 1 N–H and O–H groups in total. The Labute approximate surface area is 171 Å². The predicted molar refractivity (Wildman–Crippen MR) is 114 cm³/mol. The number of esters is 1. The fourth-order valence-electron chi connectivity index (χ4n) is 2.77. The van der Waals surface area contributed by atoms with Crippen LogP contribution in [0.25, 0.3) is 11.1 Å². The van der Waals surface area contributed by atoms with E-state index in [0.29, 0.717) is 28.3 Å². The molecular formula is C21H21NO4S2. The van der Waals surface area contributed by atoms with Crippen LogP contribution in [0.2, 0.25) is 0 Å². The lowest BCUT2D eigenvalue weighted by molar-refractivity contribution is 0.0603. The third kappa shape index (κ3) is 3.95. The summed E-state index contributed by atoms with van der Waals surface area (Å²) in [5.41, 5.74) is 3.49. The van der Waals surface area contributed by atoms with Gasteiger partial charge in [0, 0.05) is 21.2 Å². The molecule has 0 aliphatic rings. The second-order valence-electron chi connectivity index (χ2n) is 6.09. The molecule has 0 aliphatic carbocycles. The van der Waals surface area contributed by atoms with E-state index in [1.807, 2.05) is 55.8 Å². The minimum Gasteiger partial charge on any atom is -0.494 e. The lowest BCUT2D eigenvalue weighted by Crippen LogP contribution is -2.14. The number of nitrogens with one attached hydrogen (secondary N) is 1. The largest absolute Gasteiger partial charge is 0.494 e. The van der Waals surface area contributed by atoms with Crippen LogP contribution in [0, 0.1) is 13.8 Å². The van der Waals surface area contributed by atoms with Gasteiger partial charge < -0.3 is 14.8 Å². The highest BCUT2D eigenvalue weighted by Gasteiger charge is 2.23. The molecule has 0 saturated carbocycles. The number of rotatable bonds is 6. The van der Waals surface area contributed by atoms with Crippen molar-refractivity contribution in [2.24, 2.45) is 0 Å². The van der Waals surface area contributed by atoms with Gasteiger partial charge >= 0.3 is 5.97 Å². The molecule has 0 aliphatic heterocycles. The summed E-state index contributed by atoms with van der Waals surface area (Å²) in [5, 5.41) is 7.04. The third-order valence-corrected chi connectivity index (χ3v) is 6.32. The molecule has 1 amide bonds. The Morgan fingerprint density at radius 1 is 1.07 bits per heavy atom. The average molecular weight is 416 g/mol. The molecule has 146 valence electrons. The van der Waals surface area contributed by atoms with E-state index in [0.717, 1.165) is 21.8 Å². The van der Waals surface area contributed by atoms with Crippen LogP contribution in [-0.4, -0.2) is 25.6 Å². The van der Waals surface area contributed by atoms with Crippen LogP contribution in [-0.2, 0) is 4.74 Å². The Bertz CT molecular complexity index is 1000. The van der Waals surface area contributed by atoms with E-state index < -0.39 is 5.97 Å². The topological polar surface area (TPSA) is 64.6 Å². The molecule has 3 rings (SSSR count). The van der Waals surface area contributed by atoms with Gasteiger partial charge in [-0.1, -0.05) is 12.1 Å². The molecular weight excluding hydrogens is 394 g/mol. The standard InChI is InChI=1S/C21H21NO4S2/c1-5-26-15-8-6-14(7-9-15)17-11-28-20(18(17)21(24)25-4)22-19(23)16-10-27-13(3)12(16)2/h6-11H,5H2,1-4H3,(H,22,23). The molecule has 2 aromatic heterocycles. The van der Waals surface area contributed by atoms with Gasteiger partial charge in [-0.05, 0) is 44.0 Å². The number of hydrogen-bond acceptors (Lipinski definition) is 6. The van der Waals surface area contributed by atoms with Crippen molar-refractivity contribution < 1.29 is 19.1 Å². The van der Waals surface area contributed by atoms with Crippen molar-refractivity contribution in [1.82, 2.24) is 0 Å². The van der Waals surface area contributed by atoms with E-state index in [1.54, 1.807) is 0 Å². The van der Waals surface area contributed by atoms with Gasteiger partial charge in [0.1, 0.15) is 16.3 Å². The maximum absolute atomic E-state index is 12.7. The van der Waals surface area contributed by atoms with Crippen molar-refractivity contribution in [3.63, 3.8) is 0 Å². The lowest BCUT2D eigenvalue weighted by atomic mass is 10.0. The van der Waals surface area contributed by atoms with Crippen molar-refractivity contribution in [2.45, 2.75) is 20.8 Å². The van der Waals surface area contributed by atoms with Crippen LogP contribution in [0.1, 0.15) is 38.1 Å². The van der Waals surface area contributed by atoms with Crippen molar-refractivity contribution >= 4 is 39.6 Å². The van der Waals surface area contributed by atoms with Crippen LogP contribution in [0.3, 0.4) is 0 Å². The summed E-state index contributed by atoms with van der Waals surface area (Å²) in [6.45, 7) is 6.41. The average Bonchev–Trinajstić information content (AvgIpc) is 3.26. The molecule has 28 heavy (non-hydrogen) atoms. The van der Waals surface area contributed by atoms with Crippen LogP contribution >= 0.6 is 22.7 Å². The van der Waals surface area contributed by atoms with Crippen LogP contribution in [0.15, 0.2) is 35.0 Å². The van der Waals surface area contributed by atoms with Gasteiger partial charge in [0.25, 0.3) is 5.91 Å². The van der Waals surface area contributed by atoms with E-state index in [2.05, 4.69) is 5.32 Å². The van der Waals surface area contributed by atoms with Gasteiger partial charge in [-0.3, -0.25) is 4.79 Å². The number of aryl methyl sites for hydroxylation is 1. The number of hydrogen-bond donors (Lipinski definition) is 1. The number of amides is 1. The van der Waals surface area contributed by atoms with Gasteiger partial charge in [-0.15, -0.1) is 22.7 Å². The van der Waals surface area contributed by atoms with Crippen molar-refractivity contribution in [3.05, 3.63) is 56.6 Å². The molecule has 0 spiro atoms. The number of thiophene rings is 2. The molecule has 0 bridgehead atoms. The molecule has 7 heteroatoms. The quantitative estimate of drug-likeness (QED) is 0.538. The molecule has 0 unspecified atom stereocenters. The van der Waals surface area contributed by atoms with Crippen LogP contribution in [0.4, 0.5) is 5.00 Å². The number of carbonyl (C=O) groups is 2. The monoisotopic (exact) mass is 415 g/mol. The summed E-state index contributed by atoms with van der Waals surface area (Å²) in [6.07, 6.45) is 0. The molecule has 1 aromatic carbocycles. The SMILES string of the molecule is CCOc1ccc(-c2csc(NC(=O)c3csc(C)c3C)c2C(=O)OC)cc1. The fraction of sp³-hybridized carbons (Fsp3) is 0.238. The highest BCUT2D eigenvalue weighted by atomic mass is 32.1. The molecule has 2 heterocycles. The fourth-order valence-corrected chi connectivity index (χ4v) is 4.59. The first-order valence-electron chi connectivity index (χ1n) is 8.75. The lowest BCUT2D eigenvalue weighted by Gasteiger charge is -2.09. The summed E-state index contributed by atoms with van der Waals surface area (Å²) in [6, 6.07) is 7.48. The second-order valence-corrected chi connectivity index (χ2v) is 8.05. The molecule has 0 radical (unpaired) electrons. The summed E-state index contributed by atoms with van der Waals surface area (Å²) in [5.74, 6) is 0.0451. The molecule has 0 saturated heterocycles. The highest BCUT2D eigenvalue weighted by Crippen LogP contribution is 2.37. The molecule has 3 aromatic rings. The predicted octanol–water partition coefficient (Wildman–Crippen LogP) is 5.53. The summed E-state index contributed by atoms with van der Waals surface area (Å²) >= 11 is 2.84. The van der Waals surface area contributed by atoms with Crippen LogP contribution < -0.4 is 10.1 Å². The van der Waals surface area contributed by atoms with Gasteiger partial charge in [0.15, 0.2) is 0 Å². The Hall–Kier alpha value is -2.64. The number of benzene rings is 1. The summed E-state index contributed by atoms with van der Waals surface area (Å²) < 4.78 is 10.4. The Morgan fingerprint density at radius 3 is 2.36 bits per heavy atom. The van der Waals surface area contributed by atoms with E-state index in [4.69, 9.17) is 9.47 Å². The Kier molecular flexibility index (Phi) is 6.16. The first kappa shape index (κ1) is 20.1. The van der Waals surface area contributed by atoms with Gasteiger partial charge in [0.05, 0.1) is 19.3 Å². The first-order valence-corrected chi connectivity index (χ1v) is 10.5. The maximum atomic E-state index is 12.7. The van der Waals surface area contributed by atoms with E-state index in [-0.39, 0.29) is 5.91 Å². The molecule has 0 atom stereocenters. The zero-order valence-electron chi connectivity index (χ0n) is 16.1. The number of methoxy groups -OCH3 is 1. The summed E-state index contributed by atoms with van der Waals surface area (Å²) in [4.78, 5) is 26.3. The molecule has 5 nitrogen and oxygen atoms in total. The van der Waals surface area contributed by atoms with Crippen molar-refractivity contribution in [1.29, 1.82) is 0 Å². The highest BCUT2D eigenvalue weighted by molar-refractivity contribution is 7.15. The first-order chi connectivity index (χ1) is 13.5. The Morgan fingerprint density at radius 2 is 1.79 bits per heavy atom. The van der Waals surface area contributed by atoms with Crippen molar-refractivity contribution in [2.75, 3.05) is 19.0 Å². The number of ether oxygens (including phenoxy) is 2. The smallest absolute Gasteiger partial charge is 0.341 e. The van der Waals surface area contributed by atoms with E-state index in [1.165, 1.54) is 29.8 Å². The van der Waals surface area contributed by atoms with Crippen molar-refractivity contribution in [3.8, 4) is 16.9 Å². The van der Waals surface area contributed by atoms with E-state index >= 15 is 0 Å².